The van der Waals surface area contributed by atoms with Crippen molar-refractivity contribution >= 4 is 22.6 Å². The summed E-state index contributed by atoms with van der Waals surface area (Å²) in [7, 11) is 0. The highest BCUT2D eigenvalue weighted by Gasteiger charge is 2.24. The van der Waals surface area contributed by atoms with Gasteiger partial charge in [-0.25, -0.2) is 14.4 Å². The second-order valence-electron chi connectivity index (χ2n) is 8.00. The maximum absolute atomic E-state index is 13.3. The topological polar surface area (TPSA) is 129 Å². The monoisotopic (exact) mass is 434 g/mol. The number of rotatable bonds is 5. The lowest BCUT2D eigenvalue weighted by atomic mass is 9.89. The molecular weight excluding hydrogens is 411 g/mol. The predicted octanol–water partition coefficient (Wildman–Crippen LogP) is 2.64. The number of anilines is 1. The van der Waals surface area contributed by atoms with Gasteiger partial charge < -0.3 is 15.6 Å². The smallest absolute Gasteiger partial charge is 0.258 e. The van der Waals surface area contributed by atoms with Gasteiger partial charge in [0.05, 0.1) is 16.5 Å². The molecule has 0 radical (unpaired) electrons. The van der Waals surface area contributed by atoms with Crippen LogP contribution in [0.25, 0.3) is 10.9 Å². The highest BCUT2D eigenvalue weighted by atomic mass is 19.1. The van der Waals surface area contributed by atoms with Crippen LogP contribution in [0.15, 0.2) is 35.3 Å². The first-order valence-corrected chi connectivity index (χ1v) is 10.6. The number of amides is 1. The van der Waals surface area contributed by atoms with E-state index >= 15 is 0 Å². The normalized spacial score (nSPS) is 14.4. The zero-order valence-electron chi connectivity index (χ0n) is 17.5. The van der Waals surface area contributed by atoms with Crippen LogP contribution in [-0.2, 0) is 11.2 Å². The number of piperidine rings is 1. The molecule has 32 heavy (non-hydrogen) atoms. The van der Waals surface area contributed by atoms with Crippen LogP contribution in [0, 0.1) is 17.1 Å². The van der Waals surface area contributed by atoms with E-state index in [1.54, 1.807) is 12.3 Å². The van der Waals surface area contributed by atoms with Crippen molar-refractivity contribution in [2.75, 3.05) is 18.8 Å². The molecule has 9 heteroatoms. The van der Waals surface area contributed by atoms with Crippen molar-refractivity contribution in [3.05, 3.63) is 63.6 Å². The number of carbonyl (C=O) groups is 1. The lowest BCUT2D eigenvalue weighted by Crippen LogP contribution is -2.37. The summed E-state index contributed by atoms with van der Waals surface area (Å²) >= 11 is 0. The van der Waals surface area contributed by atoms with Gasteiger partial charge in [-0.1, -0.05) is 0 Å². The van der Waals surface area contributed by atoms with Crippen molar-refractivity contribution in [2.45, 2.75) is 38.0 Å². The first-order chi connectivity index (χ1) is 15.4. The third-order valence-corrected chi connectivity index (χ3v) is 5.90. The number of pyridine rings is 1. The Kier molecular flexibility index (Phi) is 6.12. The zero-order chi connectivity index (χ0) is 22.7. The average molecular weight is 434 g/mol. The fraction of sp³-hybridized carbons (Fsp3) is 0.348. The molecule has 0 atom stereocenters. The molecule has 1 aliphatic rings. The van der Waals surface area contributed by atoms with Crippen molar-refractivity contribution in [2.24, 2.45) is 0 Å². The summed E-state index contributed by atoms with van der Waals surface area (Å²) in [4.78, 5) is 37.7. The Balaban J connectivity index is 1.29. The Hall–Kier alpha value is -3.80. The molecule has 1 fully saturated rings. The molecule has 1 amide bonds. The summed E-state index contributed by atoms with van der Waals surface area (Å²) in [6, 6.07) is 7.76. The van der Waals surface area contributed by atoms with E-state index in [1.165, 1.54) is 18.2 Å². The minimum atomic E-state index is -0.481. The van der Waals surface area contributed by atoms with Gasteiger partial charge in [0.1, 0.15) is 23.5 Å². The number of nitrogens with zero attached hydrogens (tertiary/aromatic N) is 4. The number of benzene rings is 1. The first kappa shape index (κ1) is 21.4. The number of hydrogen-bond acceptors (Lipinski definition) is 6. The summed E-state index contributed by atoms with van der Waals surface area (Å²) in [5, 5.41) is 9.35. The summed E-state index contributed by atoms with van der Waals surface area (Å²) in [5.41, 5.74) is 7.12. The number of aromatic nitrogens is 3. The number of nitrogens with one attached hydrogen (secondary N) is 1. The Morgan fingerprint density at radius 3 is 2.84 bits per heavy atom. The van der Waals surface area contributed by atoms with E-state index in [1.807, 2.05) is 4.90 Å². The van der Waals surface area contributed by atoms with Crippen LogP contribution in [-0.4, -0.2) is 38.8 Å². The number of aryl methyl sites for hydroxylation is 1. The molecule has 1 saturated heterocycles. The van der Waals surface area contributed by atoms with Crippen molar-refractivity contribution in [3.63, 3.8) is 0 Å². The van der Waals surface area contributed by atoms with Crippen LogP contribution < -0.4 is 11.3 Å². The number of H-pyrrole nitrogens is 1. The van der Waals surface area contributed by atoms with Gasteiger partial charge >= 0.3 is 0 Å². The Morgan fingerprint density at radius 2 is 2.09 bits per heavy atom. The molecule has 8 nitrogen and oxygen atoms in total. The van der Waals surface area contributed by atoms with Gasteiger partial charge in [-0.15, -0.1) is 0 Å². The van der Waals surface area contributed by atoms with Crippen LogP contribution >= 0.6 is 0 Å². The number of fused-ring (bicyclic) bond motifs is 1. The lowest BCUT2D eigenvalue weighted by molar-refractivity contribution is -0.132. The molecule has 0 unspecified atom stereocenters. The molecule has 4 rings (SSSR count). The minimum Gasteiger partial charge on any atom is -0.383 e. The molecule has 164 valence electrons. The molecule has 0 aliphatic carbocycles. The van der Waals surface area contributed by atoms with Gasteiger partial charge in [0.15, 0.2) is 0 Å². The van der Waals surface area contributed by atoms with E-state index in [2.05, 4.69) is 21.0 Å². The second kappa shape index (κ2) is 9.14. The SMILES string of the molecule is N#Cc1cc(C2CCN(C(=O)CCCc3nc4ccc(F)cc4c(=O)[nH]3)CC2)cnc1N. The van der Waals surface area contributed by atoms with Crippen molar-refractivity contribution in [1.29, 1.82) is 5.26 Å². The Labute approximate surface area is 183 Å². The Bertz CT molecular complexity index is 1260. The third-order valence-electron chi connectivity index (χ3n) is 5.90. The molecular formula is C23H23FN6O2. The number of aromatic amines is 1. The fourth-order valence-corrected chi connectivity index (χ4v) is 4.11. The van der Waals surface area contributed by atoms with E-state index in [0.717, 1.165) is 18.4 Å². The molecule has 3 heterocycles. The van der Waals surface area contributed by atoms with Crippen LogP contribution in [0.5, 0.6) is 0 Å². The standard InChI is InChI=1S/C23H23FN6O2/c24-17-4-5-19-18(11-17)23(32)29-20(28-19)2-1-3-21(31)30-8-6-14(7-9-30)16-10-15(12-25)22(26)27-13-16/h4-5,10-11,13-14H,1-3,6-9H2,(H2,26,27)(H,28,29,32). The quantitative estimate of drug-likeness (QED) is 0.635. The summed E-state index contributed by atoms with van der Waals surface area (Å²) in [6.07, 6.45) is 4.69. The third kappa shape index (κ3) is 4.59. The van der Waals surface area contributed by atoms with E-state index < -0.39 is 5.82 Å². The summed E-state index contributed by atoms with van der Waals surface area (Å²) in [5.74, 6) is 0.561. The molecule has 0 saturated carbocycles. The van der Waals surface area contributed by atoms with E-state index in [4.69, 9.17) is 11.0 Å². The van der Waals surface area contributed by atoms with E-state index in [-0.39, 0.29) is 28.6 Å². The second-order valence-corrected chi connectivity index (χ2v) is 8.00. The largest absolute Gasteiger partial charge is 0.383 e. The van der Waals surface area contributed by atoms with E-state index in [0.29, 0.717) is 49.3 Å². The number of nitrogens with two attached hydrogens (primary N) is 1. The molecule has 1 aromatic carbocycles. The van der Waals surface area contributed by atoms with Crippen molar-refractivity contribution in [1.82, 2.24) is 19.9 Å². The number of nitriles is 1. The molecule has 0 spiro atoms. The maximum Gasteiger partial charge on any atom is 0.258 e. The van der Waals surface area contributed by atoms with Crippen LogP contribution in [0.4, 0.5) is 10.2 Å². The molecule has 3 aromatic rings. The lowest BCUT2D eigenvalue weighted by Gasteiger charge is -2.32. The number of likely N-dealkylation sites (tertiary alicyclic amines) is 1. The van der Waals surface area contributed by atoms with Gasteiger partial charge in [-0.3, -0.25) is 9.59 Å². The number of hydrogen-bond donors (Lipinski definition) is 2. The number of carbonyl (C=O) groups excluding carboxylic acids is 1. The molecule has 1 aliphatic heterocycles. The molecule has 0 bridgehead atoms. The number of nitrogen functional groups attached to an aromatic ring is 1. The van der Waals surface area contributed by atoms with Gasteiger partial charge in [-0.2, -0.15) is 5.26 Å². The summed E-state index contributed by atoms with van der Waals surface area (Å²) in [6.45, 7) is 1.29. The van der Waals surface area contributed by atoms with Crippen LogP contribution in [0.2, 0.25) is 0 Å². The van der Waals surface area contributed by atoms with Gasteiger partial charge in [0, 0.05) is 32.1 Å². The highest BCUT2D eigenvalue weighted by Crippen LogP contribution is 2.29. The first-order valence-electron chi connectivity index (χ1n) is 10.6. The van der Waals surface area contributed by atoms with Crippen LogP contribution in [0.1, 0.15) is 48.6 Å². The predicted molar refractivity (Wildman–Crippen MR) is 117 cm³/mol. The highest BCUT2D eigenvalue weighted by molar-refractivity contribution is 5.77. The van der Waals surface area contributed by atoms with Gasteiger partial charge in [0.25, 0.3) is 5.56 Å². The summed E-state index contributed by atoms with van der Waals surface area (Å²) < 4.78 is 13.3. The van der Waals surface area contributed by atoms with Crippen LogP contribution in [0.3, 0.4) is 0 Å². The fourth-order valence-electron chi connectivity index (χ4n) is 4.11. The Morgan fingerprint density at radius 1 is 1.31 bits per heavy atom. The molecule has 2 aromatic heterocycles. The van der Waals surface area contributed by atoms with Crippen molar-refractivity contribution < 1.29 is 9.18 Å². The zero-order valence-corrected chi connectivity index (χ0v) is 17.5. The number of halogens is 1. The van der Waals surface area contributed by atoms with E-state index in [9.17, 15) is 14.0 Å². The maximum atomic E-state index is 13.3. The van der Waals surface area contributed by atoms with Gasteiger partial charge in [0.2, 0.25) is 5.91 Å². The minimum absolute atomic E-state index is 0.0711. The van der Waals surface area contributed by atoms with Crippen molar-refractivity contribution in [3.8, 4) is 6.07 Å². The molecule has 3 N–H and O–H groups in total. The van der Waals surface area contributed by atoms with Gasteiger partial charge in [-0.05, 0) is 55.0 Å². The average Bonchev–Trinajstić information content (AvgIpc) is 2.80.